The number of carbonyl (C=O) groups is 5. The van der Waals surface area contributed by atoms with Gasteiger partial charge in [0.25, 0.3) is 11.8 Å². The molecule has 0 heterocycles. The number of nitrogens with one attached hydrogen (secondary N) is 4. The van der Waals surface area contributed by atoms with E-state index in [0.29, 0.717) is 45.6 Å². The van der Waals surface area contributed by atoms with Gasteiger partial charge in [0.15, 0.2) is 6.19 Å². The molecule has 8 N–H and O–H groups in total. The third kappa shape index (κ3) is 13.2. The van der Waals surface area contributed by atoms with Gasteiger partial charge in [-0.15, -0.1) is 0 Å². The Morgan fingerprint density at radius 3 is 2.00 bits per heavy atom. The van der Waals surface area contributed by atoms with Crippen LogP contribution in [0, 0.1) is 11.5 Å². The molecule has 0 aliphatic rings. The molecule has 0 aromatic heterocycles. The second-order valence-corrected chi connectivity index (χ2v) is 14.4. The summed E-state index contributed by atoms with van der Waals surface area (Å²) in [6.45, 7) is 4.16. The predicted octanol–water partition coefficient (Wildman–Crippen LogP) is 3.40. The molecule has 15 heteroatoms. The largest absolute Gasteiger partial charge is 0.492 e. The van der Waals surface area contributed by atoms with Gasteiger partial charge in [0.05, 0.1) is 12.6 Å². The Bertz CT molecular complexity index is 2150. The number of nitriles is 1. The average Bonchev–Trinajstić information content (AvgIpc) is 3.28. The lowest BCUT2D eigenvalue weighted by Crippen LogP contribution is -2.51. The minimum absolute atomic E-state index is 0.00438. The van der Waals surface area contributed by atoms with Crippen LogP contribution in [0.3, 0.4) is 0 Å². The fourth-order valence-corrected chi connectivity index (χ4v) is 6.45. The van der Waals surface area contributed by atoms with E-state index in [9.17, 15) is 24.0 Å². The fourth-order valence-electron chi connectivity index (χ4n) is 6.45. The molecule has 0 saturated heterocycles. The highest BCUT2D eigenvalue weighted by Crippen LogP contribution is 2.39. The van der Waals surface area contributed by atoms with Crippen LogP contribution >= 0.6 is 0 Å². The monoisotopic (exact) mass is 832 g/mol. The van der Waals surface area contributed by atoms with Crippen LogP contribution in [-0.4, -0.2) is 93.8 Å². The number of hydrogen-bond acceptors (Lipinski definition) is 11. The zero-order chi connectivity index (χ0) is 44.3. The number of nitrogens with two attached hydrogens (primary N) is 2. The van der Waals surface area contributed by atoms with E-state index in [1.54, 1.807) is 68.7 Å². The number of aryl methyl sites for hydroxylation is 1. The quantitative estimate of drug-likeness (QED) is 0.0360. The minimum Gasteiger partial charge on any atom is -0.492 e. The summed E-state index contributed by atoms with van der Waals surface area (Å²) in [5.41, 5.74) is 17.2. The van der Waals surface area contributed by atoms with E-state index < -0.39 is 41.8 Å². The zero-order valence-corrected chi connectivity index (χ0v) is 35.2. The number of carbonyl (C=O) groups excluding carboxylic acids is 5. The zero-order valence-electron chi connectivity index (χ0n) is 35.2. The molecule has 15 nitrogen and oxygen atoms in total. The molecule has 61 heavy (non-hydrogen) atoms. The second-order valence-electron chi connectivity index (χ2n) is 14.4. The molecule has 1 unspecified atom stereocenters. The van der Waals surface area contributed by atoms with Gasteiger partial charge in [0.2, 0.25) is 11.8 Å². The maximum atomic E-state index is 13.5. The fraction of sp³-hybridized carbons (Fsp3) is 0.348. The van der Waals surface area contributed by atoms with Crippen molar-refractivity contribution < 1.29 is 33.4 Å². The van der Waals surface area contributed by atoms with Gasteiger partial charge in [-0.05, 0) is 91.0 Å². The van der Waals surface area contributed by atoms with Gasteiger partial charge < -0.3 is 46.6 Å². The predicted molar refractivity (Wildman–Crippen MR) is 233 cm³/mol. The first-order valence-corrected chi connectivity index (χ1v) is 20.3. The lowest BCUT2D eigenvalue weighted by atomic mass is 9.94. The van der Waals surface area contributed by atoms with Crippen LogP contribution in [0.15, 0.2) is 84.9 Å². The van der Waals surface area contributed by atoms with Crippen molar-refractivity contribution in [2.24, 2.45) is 11.5 Å². The van der Waals surface area contributed by atoms with E-state index in [0.717, 1.165) is 30.4 Å². The lowest BCUT2D eigenvalue weighted by Gasteiger charge is -2.26. The SMILES string of the molecule is CCCCc1ccc(-c2ccc(C(=O)NCC(=O)N(C)C(C=O)c3ccc(OCCN)c(-c4cc(C[C@H](NC(=O)[C@H](C)NC)C(=O)NC#N)ccc4OCCN)c3)cc2)cc1. The average molecular weight is 833 g/mol. The molecule has 0 saturated carbocycles. The third-order valence-corrected chi connectivity index (χ3v) is 10.1. The third-order valence-electron chi connectivity index (χ3n) is 10.1. The molecular formula is C46H56N8O7. The number of ether oxygens (including phenoxy) is 2. The molecule has 3 atom stereocenters. The summed E-state index contributed by atoms with van der Waals surface area (Å²) < 4.78 is 12.1. The molecule has 0 bridgehead atoms. The number of aldehydes is 1. The summed E-state index contributed by atoms with van der Waals surface area (Å²) in [7, 11) is 3.08. The molecule has 4 aromatic rings. The number of nitrogens with zero attached hydrogens (tertiary/aromatic N) is 2. The highest BCUT2D eigenvalue weighted by molar-refractivity contribution is 5.97. The summed E-state index contributed by atoms with van der Waals surface area (Å²) in [6, 6.07) is 22.9. The van der Waals surface area contributed by atoms with E-state index in [2.05, 4.69) is 52.5 Å². The Morgan fingerprint density at radius 1 is 0.836 bits per heavy atom. The van der Waals surface area contributed by atoms with Crippen LogP contribution in [0.5, 0.6) is 11.5 Å². The molecule has 0 aliphatic carbocycles. The van der Waals surface area contributed by atoms with E-state index in [-0.39, 0.29) is 39.3 Å². The molecular weight excluding hydrogens is 777 g/mol. The summed E-state index contributed by atoms with van der Waals surface area (Å²) in [4.78, 5) is 66.3. The maximum absolute atomic E-state index is 13.5. The van der Waals surface area contributed by atoms with Crippen LogP contribution in [0.1, 0.15) is 59.8 Å². The van der Waals surface area contributed by atoms with E-state index >= 15 is 0 Å². The molecule has 4 rings (SSSR count). The Hall–Kier alpha value is -6.60. The highest BCUT2D eigenvalue weighted by atomic mass is 16.5. The number of benzene rings is 4. The first-order chi connectivity index (χ1) is 29.5. The van der Waals surface area contributed by atoms with E-state index in [1.807, 2.05) is 12.1 Å². The lowest BCUT2D eigenvalue weighted by molar-refractivity contribution is -0.134. The summed E-state index contributed by atoms with van der Waals surface area (Å²) in [5.74, 6) is -1.31. The van der Waals surface area contributed by atoms with Gasteiger partial charge >= 0.3 is 0 Å². The van der Waals surface area contributed by atoms with Gasteiger partial charge in [-0.3, -0.25) is 24.5 Å². The number of unbranched alkanes of at least 4 members (excludes halogenated alkanes) is 1. The first kappa shape index (κ1) is 47.1. The Kier molecular flexibility index (Phi) is 18.4. The number of amides is 4. The Labute approximate surface area is 357 Å². The summed E-state index contributed by atoms with van der Waals surface area (Å²) in [6.07, 6.45) is 5.55. The molecule has 0 radical (unpaired) electrons. The molecule has 0 spiro atoms. The van der Waals surface area contributed by atoms with Crippen LogP contribution in [0.4, 0.5) is 0 Å². The van der Waals surface area contributed by atoms with Crippen molar-refractivity contribution in [3.05, 3.63) is 107 Å². The van der Waals surface area contributed by atoms with Crippen LogP contribution in [0.2, 0.25) is 0 Å². The Morgan fingerprint density at radius 2 is 1.43 bits per heavy atom. The van der Waals surface area contributed by atoms with E-state index in [4.69, 9.17) is 26.2 Å². The van der Waals surface area contributed by atoms with Crippen LogP contribution in [0.25, 0.3) is 22.3 Å². The van der Waals surface area contributed by atoms with Gasteiger partial charge in [-0.1, -0.05) is 61.9 Å². The van der Waals surface area contributed by atoms with Crippen molar-refractivity contribution in [3.8, 4) is 39.9 Å². The van der Waals surface area contributed by atoms with Crippen molar-refractivity contribution in [3.63, 3.8) is 0 Å². The topological polar surface area (TPSA) is 231 Å². The van der Waals surface area contributed by atoms with Gasteiger partial charge in [0.1, 0.15) is 43.1 Å². The minimum atomic E-state index is -1.11. The van der Waals surface area contributed by atoms with Gasteiger partial charge in [-0.25, -0.2) is 0 Å². The maximum Gasteiger partial charge on any atom is 0.255 e. The van der Waals surface area contributed by atoms with Crippen molar-refractivity contribution in [2.75, 3.05) is 46.9 Å². The first-order valence-electron chi connectivity index (χ1n) is 20.3. The molecule has 0 aliphatic heterocycles. The molecule has 4 amide bonds. The normalized spacial score (nSPS) is 12.2. The summed E-state index contributed by atoms with van der Waals surface area (Å²) >= 11 is 0. The van der Waals surface area contributed by atoms with E-state index in [1.165, 1.54) is 17.5 Å². The van der Waals surface area contributed by atoms with Crippen molar-refractivity contribution >= 4 is 29.9 Å². The molecule has 4 aromatic carbocycles. The second kappa shape index (κ2) is 23.9. The summed E-state index contributed by atoms with van der Waals surface area (Å²) in [5, 5.41) is 19.4. The smallest absolute Gasteiger partial charge is 0.255 e. The Balaban J connectivity index is 1.58. The van der Waals surface area contributed by atoms with Crippen LogP contribution < -0.4 is 42.2 Å². The van der Waals surface area contributed by atoms with Gasteiger partial charge in [-0.2, -0.15) is 5.26 Å². The van der Waals surface area contributed by atoms with Gasteiger partial charge in [0, 0.05) is 43.2 Å². The van der Waals surface area contributed by atoms with Crippen molar-refractivity contribution in [2.45, 2.75) is 57.7 Å². The number of likely N-dealkylation sites (N-methyl/N-ethyl adjacent to an activating group) is 2. The number of rotatable bonds is 23. The standard InChI is InChI=1S/C46H56N8O7/c1-5-6-7-31-8-11-33(12-9-31)34-13-15-35(16-14-34)45(58)51-27-43(56)54(4)40(28-55)36-17-19-42(61-23-21-48)38(26-36)37-24-32(10-18-41(37)60-22-20-47)25-39(46(59)52-29-49)53-44(57)30(2)50-3/h8-19,24,26,28,30,39-40,50H,5-7,20-23,25,27,47-48H2,1-4H3,(H,51,58)(H,52,59)(H,53,57)/t30-,39-,40?/m0/s1. The van der Waals surface area contributed by atoms with Crippen LogP contribution in [-0.2, 0) is 32.0 Å². The highest BCUT2D eigenvalue weighted by Gasteiger charge is 2.26. The van der Waals surface area contributed by atoms with Crippen molar-refractivity contribution in [1.29, 1.82) is 5.26 Å². The van der Waals surface area contributed by atoms with Crippen molar-refractivity contribution in [1.82, 2.24) is 26.2 Å². The number of hydrogen-bond donors (Lipinski definition) is 6. The molecule has 0 fully saturated rings. The molecule has 322 valence electrons.